The van der Waals surface area contributed by atoms with Crippen LogP contribution in [-0.4, -0.2) is 9.78 Å². The van der Waals surface area contributed by atoms with E-state index in [4.69, 9.17) is 5.10 Å². The first-order valence-electron chi connectivity index (χ1n) is 8.51. The van der Waals surface area contributed by atoms with Crippen LogP contribution in [0.3, 0.4) is 0 Å². The van der Waals surface area contributed by atoms with Crippen molar-refractivity contribution in [2.24, 2.45) is 0 Å². The van der Waals surface area contributed by atoms with Crippen LogP contribution >= 0.6 is 0 Å². The quantitative estimate of drug-likeness (QED) is 0.464. The topological polar surface area (TPSA) is 17.8 Å². The lowest BCUT2D eigenvalue weighted by atomic mass is 9.99. The van der Waals surface area contributed by atoms with Gasteiger partial charge in [0.1, 0.15) is 0 Å². The second-order valence-electron chi connectivity index (χ2n) is 6.24. The molecule has 1 heterocycles. The van der Waals surface area contributed by atoms with Gasteiger partial charge in [0.2, 0.25) is 0 Å². The molecule has 2 nitrogen and oxygen atoms in total. The molecule has 1 aromatic heterocycles. The van der Waals surface area contributed by atoms with Crippen LogP contribution in [0.2, 0.25) is 0 Å². The second kappa shape index (κ2) is 6.40. The molecule has 3 aromatic carbocycles. The van der Waals surface area contributed by atoms with Crippen molar-refractivity contribution >= 4 is 0 Å². The Hall–Kier alpha value is -3.13. The van der Waals surface area contributed by atoms with Crippen LogP contribution in [0.25, 0.3) is 27.9 Å². The molecular weight excluding hydrogens is 304 g/mol. The number of para-hydroxylation sites is 1. The standard InChI is InChI=1S/C23H20N2/c1-17-23(18(2)25(24-17)22-11-7-4-8-12-22)21-15-13-20(14-16-21)19-9-5-3-6-10-19/h3-16H,1-2H3. The van der Waals surface area contributed by atoms with Crippen molar-refractivity contribution in [1.29, 1.82) is 0 Å². The van der Waals surface area contributed by atoms with Crippen LogP contribution in [0, 0.1) is 13.8 Å². The summed E-state index contributed by atoms with van der Waals surface area (Å²) in [6.45, 7) is 4.21. The third kappa shape index (κ3) is 2.87. The third-order valence-corrected chi connectivity index (χ3v) is 4.57. The van der Waals surface area contributed by atoms with Gasteiger partial charge >= 0.3 is 0 Å². The highest BCUT2D eigenvalue weighted by molar-refractivity contribution is 5.73. The Morgan fingerprint density at radius 2 is 1.12 bits per heavy atom. The summed E-state index contributed by atoms with van der Waals surface area (Å²) in [5.74, 6) is 0. The lowest BCUT2D eigenvalue weighted by Gasteiger charge is -2.07. The number of nitrogens with zero attached hydrogens (tertiary/aromatic N) is 2. The van der Waals surface area contributed by atoms with Crippen molar-refractivity contribution in [1.82, 2.24) is 9.78 Å². The molecule has 122 valence electrons. The largest absolute Gasteiger partial charge is 0.237 e. The smallest absolute Gasteiger partial charge is 0.0679 e. The molecule has 0 aliphatic heterocycles. The Bertz CT molecular complexity index is 982. The predicted molar refractivity (Wildman–Crippen MR) is 104 cm³/mol. The van der Waals surface area contributed by atoms with E-state index in [1.807, 2.05) is 28.9 Å². The van der Waals surface area contributed by atoms with E-state index in [0.717, 1.165) is 17.1 Å². The Morgan fingerprint density at radius 1 is 0.600 bits per heavy atom. The molecule has 0 aliphatic carbocycles. The van der Waals surface area contributed by atoms with E-state index in [2.05, 4.69) is 74.5 Å². The highest BCUT2D eigenvalue weighted by Crippen LogP contribution is 2.30. The van der Waals surface area contributed by atoms with Crippen LogP contribution in [0.1, 0.15) is 11.4 Å². The van der Waals surface area contributed by atoms with Crippen molar-refractivity contribution in [2.45, 2.75) is 13.8 Å². The van der Waals surface area contributed by atoms with Gasteiger partial charge in [-0.25, -0.2) is 4.68 Å². The first kappa shape index (κ1) is 15.4. The van der Waals surface area contributed by atoms with E-state index in [9.17, 15) is 0 Å². The maximum Gasteiger partial charge on any atom is 0.0679 e. The summed E-state index contributed by atoms with van der Waals surface area (Å²) in [7, 11) is 0. The minimum Gasteiger partial charge on any atom is -0.237 e. The van der Waals surface area contributed by atoms with Crippen molar-refractivity contribution in [2.75, 3.05) is 0 Å². The molecule has 0 spiro atoms. The van der Waals surface area contributed by atoms with Crippen LogP contribution in [0.15, 0.2) is 84.9 Å². The molecule has 0 saturated carbocycles. The fraction of sp³-hybridized carbons (Fsp3) is 0.0870. The van der Waals surface area contributed by atoms with E-state index in [1.54, 1.807) is 0 Å². The highest BCUT2D eigenvalue weighted by Gasteiger charge is 2.14. The van der Waals surface area contributed by atoms with Crippen LogP contribution in [-0.2, 0) is 0 Å². The minimum atomic E-state index is 1.05. The van der Waals surface area contributed by atoms with Gasteiger partial charge in [-0.2, -0.15) is 5.10 Å². The van der Waals surface area contributed by atoms with Gasteiger partial charge < -0.3 is 0 Å². The third-order valence-electron chi connectivity index (χ3n) is 4.57. The Labute approximate surface area is 148 Å². The lowest BCUT2D eigenvalue weighted by Crippen LogP contribution is -1.98. The Balaban J connectivity index is 1.74. The van der Waals surface area contributed by atoms with Gasteiger partial charge in [0, 0.05) is 11.3 Å². The summed E-state index contributed by atoms with van der Waals surface area (Å²) < 4.78 is 2.02. The van der Waals surface area contributed by atoms with Crippen molar-refractivity contribution in [3.05, 3.63) is 96.3 Å². The Kier molecular flexibility index (Phi) is 3.95. The van der Waals surface area contributed by atoms with E-state index < -0.39 is 0 Å². The first-order valence-corrected chi connectivity index (χ1v) is 8.51. The summed E-state index contributed by atoms with van der Waals surface area (Å²) in [5, 5.41) is 4.75. The summed E-state index contributed by atoms with van der Waals surface area (Å²) >= 11 is 0. The Morgan fingerprint density at radius 3 is 1.76 bits per heavy atom. The maximum absolute atomic E-state index is 4.75. The summed E-state index contributed by atoms with van der Waals surface area (Å²) in [5.41, 5.74) is 8.19. The van der Waals surface area contributed by atoms with E-state index >= 15 is 0 Å². The zero-order valence-corrected chi connectivity index (χ0v) is 14.5. The fourth-order valence-corrected chi connectivity index (χ4v) is 3.34. The molecule has 0 aliphatic rings. The van der Waals surface area contributed by atoms with Gasteiger partial charge in [-0.05, 0) is 42.7 Å². The van der Waals surface area contributed by atoms with Crippen molar-refractivity contribution < 1.29 is 0 Å². The van der Waals surface area contributed by atoms with Gasteiger partial charge in [0.25, 0.3) is 0 Å². The lowest BCUT2D eigenvalue weighted by molar-refractivity contribution is 0.834. The molecule has 4 rings (SSSR count). The second-order valence-corrected chi connectivity index (χ2v) is 6.24. The summed E-state index contributed by atoms with van der Waals surface area (Å²) in [4.78, 5) is 0. The molecule has 4 aromatic rings. The molecule has 0 saturated heterocycles. The number of rotatable bonds is 3. The summed E-state index contributed by atoms with van der Waals surface area (Å²) in [6, 6.07) is 29.5. The predicted octanol–water partition coefficient (Wildman–Crippen LogP) is 5.82. The molecule has 0 amide bonds. The van der Waals surface area contributed by atoms with E-state index in [-0.39, 0.29) is 0 Å². The normalized spacial score (nSPS) is 10.8. The summed E-state index contributed by atoms with van der Waals surface area (Å²) in [6.07, 6.45) is 0. The number of aromatic nitrogens is 2. The van der Waals surface area contributed by atoms with Gasteiger partial charge in [0.05, 0.1) is 11.4 Å². The molecule has 0 N–H and O–H groups in total. The van der Waals surface area contributed by atoms with Gasteiger partial charge in [-0.3, -0.25) is 0 Å². The average molecular weight is 324 g/mol. The number of hydrogen-bond donors (Lipinski definition) is 0. The van der Waals surface area contributed by atoms with Gasteiger partial charge in [0.15, 0.2) is 0 Å². The highest BCUT2D eigenvalue weighted by atomic mass is 15.3. The number of aryl methyl sites for hydroxylation is 1. The van der Waals surface area contributed by atoms with Crippen molar-refractivity contribution in [3.8, 4) is 27.9 Å². The van der Waals surface area contributed by atoms with E-state index in [1.165, 1.54) is 22.3 Å². The molecule has 0 radical (unpaired) electrons. The SMILES string of the molecule is Cc1nn(-c2ccccc2)c(C)c1-c1ccc(-c2ccccc2)cc1. The minimum absolute atomic E-state index is 1.05. The van der Waals surface area contributed by atoms with Crippen LogP contribution in [0.4, 0.5) is 0 Å². The molecular formula is C23H20N2. The fourth-order valence-electron chi connectivity index (χ4n) is 3.34. The molecule has 0 bridgehead atoms. The number of benzene rings is 3. The van der Waals surface area contributed by atoms with E-state index in [0.29, 0.717) is 0 Å². The van der Waals surface area contributed by atoms with Gasteiger partial charge in [-0.15, -0.1) is 0 Å². The molecule has 0 unspecified atom stereocenters. The maximum atomic E-state index is 4.75. The first-order chi connectivity index (χ1) is 12.2. The molecule has 2 heteroatoms. The monoisotopic (exact) mass is 324 g/mol. The van der Waals surface area contributed by atoms with Gasteiger partial charge in [-0.1, -0.05) is 72.8 Å². The van der Waals surface area contributed by atoms with Crippen molar-refractivity contribution in [3.63, 3.8) is 0 Å². The van der Waals surface area contributed by atoms with Crippen LogP contribution < -0.4 is 0 Å². The zero-order valence-electron chi connectivity index (χ0n) is 14.5. The molecule has 25 heavy (non-hydrogen) atoms. The molecule has 0 fully saturated rings. The number of hydrogen-bond acceptors (Lipinski definition) is 1. The zero-order chi connectivity index (χ0) is 17.2. The molecule has 0 atom stereocenters. The van der Waals surface area contributed by atoms with Crippen LogP contribution in [0.5, 0.6) is 0 Å². The average Bonchev–Trinajstić information content (AvgIpc) is 2.98.